The number of fused-ring (bicyclic) bond motifs is 1. The van der Waals surface area contributed by atoms with Crippen molar-refractivity contribution < 1.29 is 9.84 Å². The van der Waals surface area contributed by atoms with E-state index in [1.165, 1.54) is 42.4 Å². The van der Waals surface area contributed by atoms with Gasteiger partial charge in [-0.2, -0.15) is 0 Å². The molecule has 0 spiro atoms. The molecule has 3 heteroatoms. The van der Waals surface area contributed by atoms with Gasteiger partial charge in [-0.05, 0) is 67.6 Å². The van der Waals surface area contributed by atoms with Gasteiger partial charge in [-0.25, -0.2) is 0 Å². The molecule has 3 N–H and O–H groups in total. The van der Waals surface area contributed by atoms with Gasteiger partial charge in [0.25, 0.3) is 0 Å². The van der Waals surface area contributed by atoms with Crippen LogP contribution in [0, 0.1) is 0 Å². The third kappa shape index (κ3) is 4.84. The van der Waals surface area contributed by atoms with Crippen molar-refractivity contribution in [3.05, 3.63) is 34.9 Å². The molecule has 0 radical (unpaired) electrons. The van der Waals surface area contributed by atoms with Crippen LogP contribution < -0.4 is 5.73 Å². The highest BCUT2D eigenvalue weighted by Gasteiger charge is 2.36. The smallest absolute Gasteiger partial charge is 0.0618 e. The maximum absolute atomic E-state index is 9.49. The zero-order valence-electron chi connectivity index (χ0n) is 15.8. The van der Waals surface area contributed by atoms with Crippen LogP contribution in [0.25, 0.3) is 0 Å². The molecule has 0 aromatic heterocycles. The monoisotopic (exact) mass is 345 g/mol. The van der Waals surface area contributed by atoms with E-state index < -0.39 is 0 Å². The van der Waals surface area contributed by atoms with Gasteiger partial charge in [0.2, 0.25) is 0 Å². The molecule has 0 bridgehead atoms. The first-order valence-corrected chi connectivity index (χ1v) is 10.3. The van der Waals surface area contributed by atoms with Crippen molar-refractivity contribution in [2.45, 2.75) is 88.7 Å². The number of rotatable bonds is 8. The lowest BCUT2D eigenvalue weighted by molar-refractivity contribution is 0.0417. The SMILES string of the molecule is CCCCCCOC1CCc2cc([C@H]3CC[C@](N)(CO)C3)ccc2C1. The van der Waals surface area contributed by atoms with Gasteiger partial charge < -0.3 is 15.6 Å². The molecule has 25 heavy (non-hydrogen) atoms. The third-order valence-electron chi connectivity index (χ3n) is 6.19. The lowest BCUT2D eigenvalue weighted by Gasteiger charge is -2.26. The number of aryl methyl sites for hydroxylation is 1. The summed E-state index contributed by atoms with van der Waals surface area (Å²) in [5.41, 5.74) is 10.3. The van der Waals surface area contributed by atoms with E-state index >= 15 is 0 Å². The predicted molar refractivity (Wildman–Crippen MR) is 103 cm³/mol. The van der Waals surface area contributed by atoms with Crippen LogP contribution >= 0.6 is 0 Å². The van der Waals surface area contributed by atoms with Gasteiger partial charge in [-0.3, -0.25) is 0 Å². The summed E-state index contributed by atoms with van der Waals surface area (Å²) in [7, 11) is 0. The van der Waals surface area contributed by atoms with Crippen LogP contribution in [0.4, 0.5) is 0 Å². The molecular weight excluding hydrogens is 310 g/mol. The Morgan fingerprint density at radius 2 is 2.08 bits per heavy atom. The summed E-state index contributed by atoms with van der Waals surface area (Å²) < 4.78 is 6.11. The minimum Gasteiger partial charge on any atom is -0.394 e. The topological polar surface area (TPSA) is 55.5 Å². The minimum absolute atomic E-state index is 0.103. The quantitative estimate of drug-likeness (QED) is 0.698. The summed E-state index contributed by atoms with van der Waals surface area (Å²) in [5.74, 6) is 0.509. The maximum atomic E-state index is 9.49. The number of benzene rings is 1. The Hall–Kier alpha value is -0.900. The average molecular weight is 346 g/mol. The Morgan fingerprint density at radius 3 is 2.84 bits per heavy atom. The fourth-order valence-electron chi connectivity index (χ4n) is 4.50. The summed E-state index contributed by atoms with van der Waals surface area (Å²) in [6, 6.07) is 7.00. The molecule has 1 unspecified atom stereocenters. The Morgan fingerprint density at radius 1 is 1.20 bits per heavy atom. The minimum atomic E-state index is -0.364. The van der Waals surface area contributed by atoms with Crippen LogP contribution in [0.5, 0.6) is 0 Å². The zero-order chi connectivity index (χ0) is 17.7. The lowest BCUT2D eigenvalue weighted by Crippen LogP contribution is -2.40. The van der Waals surface area contributed by atoms with E-state index in [2.05, 4.69) is 25.1 Å². The first kappa shape index (κ1) is 18.9. The van der Waals surface area contributed by atoms with Crippen LogP contribution in [-0.2, 0) is 17.6 Å². The van der Waals surface area contributed by atoms with E-state index in [-0.39, 0.29) is 12.1 Å². The number of nitrogens with two attached hydrogens (primary N) is 1. The van der Waals surface area contributed by atoms with E-state index in [1.54, 1.807) is 0 Å². The number of aliphatic hydroxyl groups is 1. The van der Waals surface area contributed by atoms with Gasteiger partial charge in [0, 0.05) is 12.1 Å². The number of hydrogen-bond donors (Lipinski definition) is 2. The molecule has 0 aliphatic heterocycles. The van der Waals surface area contributed by atoms with Crippen molar-refractivity contribution in [1.29, 1.82) is 0 Å². The van der Waals surface area contributed by atoms with Crippen molar-refractivity contribution in [2.24, 2.45) is 5.73 Å². The molecular formula is C22H35NO2. The largest absolute Gasteiger partial charge is 0.394 e. The van der Waals surface area contributed by atoms with Crippen LogP contribution in [0.15, 0.2) is 18.2 Å². The van der Waals surface area contributed by atoms with Crippen molar-refractivity contribution >= 4 is 0 Å². The summed E-state index contributed by atoms with van der Waals surface area (Å²) in [6.45, 7) is 3.27. The summed E-state index contributed by atoms with van der Waals surface area (Å²) in [5, 5.41) is 9.49. The van der Waals surface area contributed by atoms with Crippen molar-refractivity contribution in [2.75, 3.05) is 13.2 Å². The summed E-state index contributed by atoms with van der Waals surface area (Å²) in [4.78, 5) is 0. The molecule has 3 rings (SSSR count). The normalized spacial score (nSPS) is 28.9. The van der Waals surface area contributed by atoms with E-state index in [0.717, 1.165) is 45.1 Å². The fourth-order valence-corrected chi connectivity index (χ4v) is 4.50. The maximum Gasteiger partial charge on any atom is 0.0618 e. The molecule has 1 aromatic carbocycles. The zero-order valence-corrected chi connectivity index (χ0v) is 15.8. The molecule has 2 aliphatic carbocycles. The molecule has 1 fully saturated rings. The summed E-state index contributed by atoms with van der Waals surface area (Å²) >= 11 is 0. The Bertz CT molecular complexity index is 559. The van der Waals surface area contributed by atoms with E-state index in [4.69, 9.17) is 10.5 Å². The fraction of sp³-hybridized carbons (Fsp3) is 0.727. The number of aliphatic hydroxyl groups excluding tert-OH is 1. The van der Waals surface area contributed by atoms with Crippen LogP contribution in [0.2, 0.25) is 0 Å². The van der Waals surface area contributed by atoms with E-state index in [1.807, 2.05) is 0 Å². The average Bonchev–Trinajstić information content (AvgIpc) is 3.04. The first-order chi connectivity index (χ1) is 12.1. The van der Waals surface area contributed by atoms with Crippen LogP contribution in [0.1, 0.15) is 80.9 Å². The Balaban J connectivity index is 1.53. The van der Waals surface area contributed by atoms with Gasteiger partial charge in [0.15, 0.2) is 0 Å². The number of unbranched alkanes of at least 4 members (excludes halogenated alkanes) is 3. The lowest BCUT2D eigenvalue weighted by atomic mass is 9.85. The van der Waals surface area contributed by atoms with Gasteiger partial charge in [-0.1, -0.05) is 44.4 Å². The number of hydrogen-bond acceptors (Lipinski definition) is 3. The van der Waals surface area contributed by atoms with Gasteiger partial charge in [-0.15, -0.1) is 0 Å². The second kappa shape index (κ2) is 8.66. The van der Waals surface area contributed by atoms with Gasteiger partial charge in [0.05, 0.1) is 12.7 Å². The molecule has 0 heterocycles. The Labute approximate surface area is 153 Å². The number of ether oxygens (including phenoxy) is 1. The van der Waals surface area contributed by atoms with Crippen LogP contribution in [0.3, 0.4) is 0 Å². The summed E-state index contributed by atoms with van der Waals surface area (Å²) in [6.07, 6.45) is 11.8. The molecule has 140 valence electrons. The standard InChI is InChI=1S/C22H35NO2/c1-2-3-4-5-12-25-21-9-8-17-13-18(6-7-19(17)14-21)20-10-11-22(23,15-20)16-24/h6-7,13,20-21,24H,2-5,8-12,14-16,23H2,1H3/t20-,21?,22+/m0/s1. The predicted octanol–water partition coefficient (Wildman–Crippen LogP) is 4.10. The molecule has 0 saturated heterocycles. The highest BCUT2D eigenvalue weighted by atomic mass is 16.5. The van der Waals surface area contributed by atoms with Gasteiger partial charge in [0.1, 0.15) is 0 Å². The third-order valence-corrected chi connectivity index (χ3v) is 6.19. The van der Waals surface area contributed by atoms with E-state index in [9.17, 15) is 5.11 Å². The molecule has 1 aromatic rings. The molecule has 2 aliphatic rings. The van der Waals surface area contributed by atoms with Crippen LogP contribution in [-0.4, -0.2) is 30.0 Å². The Kier molecular flexibility index (Phi) is 6.54. The molecule has 3 nitrogen and oxygen atoms in total. The van der Waals surface area contributed by atoms with Crippen molar-refractivity contribution in [3.8, 4) is 0 Å². The second-order valence-electron chi connectivity index (χ2n) is 8.28. The van der Waals surface area contributed by atoms with Crippen molar-refractivity contribution in [1.82, 2.24) is 0 Å². The molecule has 1 saturated carbocycles. The highest BCUT2D eigenvalue weighted by Crippen LogP contribution is 2.40. The van der Waals surface area contributed by atoms with Gasteiger partial charge >= 0.3 is 0 Å². The molecule has 0 amide bonds. The van der Waals surface area contributed by atoms with Crippen molar-refractivity contribution in [3.63, 3.8) is 0 Å². The highest BCUT2D eigenvalue weighted by molar-refractivity contribution is 5.36. The van der Waals surface area contributed by atoms with E-state index in [0.29, 0.717) is 12.0 Å². The first-order valence-electron chi connectivity index (χ1n) is 10.3. The molecule has 3 atom stereocenters. The second-order valence-corrected chi connectivity index (χ2v) is 8.28.